The molecule has 0 atom stereocenters. The van der Waals surface area contributed by atoms with Crippen molar-refractivity contribution < 1.29 is 13.2 Å². The first-order valence-corrected chi connectivity index (χ1v) is 12.7. The van der Waals surface area contributed by atoms with Crippen LogP contribution in [0.3, 0.4) is 0 Å². The number of para-hydroxylation sites is 1. The minimum absolute atomic E-state index is 0.179. The molecule has 32 heavy (non-hydrogen) atoms. The number of nitrogens with zero attached hydrogens (tertiary/aromatic N) is 2. The lowest BCUT2D eigenvalue weighted by Gasteiger charge is -2.28. The Labute approximate surface area is 191 Å². The Bertz CT molecular complexity index is 1180. The fourth-order valence-corrected chi connectivity index (χ4v) is 5.60. The summed E-state index contributed by atoms with van der Waals surface area (Å²) in [6, 6.07) is 17.6. The van der Waals surface area contributed by atoms with Crippen LogP contribution in [0.4, 0.5) is 11.4 Å². The third kappa shape index (κ3) is 5.35. The maximum absolute atomic E-state index is 12.6. The summed E-state index contributed by atoms with van der Waals surface area (Å²) in [5.74, 6) is -0.504. The van der Waals surface area contributed by atoms with E-state index < -0.39 is 15.9 Å². The number of hydrogen-bond acceptors (Lipinski definition) is 6. The van der Waals surface area contributed by atoms with Crippen LogP contribution in [0.5, 0.6) is 0 Å². The van der Waals surface area contributed by atoms with Crippen LogP contribution in [-0.2, 0) is 10.0 Å². The summed E-state index contributed by atoms with van der Waals surface area (Å²) in [6.45, 7) is 2.16. The Kier molecular flexibility index (Phi) is 6.87. The highest BCUT2D eigenvalue weighted by molar-refractivity contribution is 7.94. The van der Waals surface area contributed by atoms with Gasteiger partial charge in [-0.05, 0) is 60.5 Å². The van der Waals surface area contributed by atoms with E-state index in [0.29, 0.717) is 0 Å². The number of nitrogens with one attached hydrogen (secondary N) is 2. The molecule has 166 valence electrons. The number of hydrogen-bond donors (Lipinski definition) is 2. The van der Waals surface area contributed by atoms with Crippen LogP contribution in [0, 0.1) is 0 Å². The Morgan fingerprint density at radius 1 is 0.969 bits per heavy atom. The molecule has 0 unspecified atom stereocenters. The maximum atomic E-state index is 12.6. The first kappa shape index (κ1) is 22.0. The molecule has 2 heterocycles. The van der Waals surface area contributed by atoms with E-state index in [0.717, 1.165) is 30.0 Å². The van der Waals surface area contributed by atoms with Crippen molar-refractivity contribution in [2.24, 2.45) is 5.10 Å². The Morgan fingerprint density at radius 2 is 1.72 bits per heavy atom. The van der Waals surface area contributed by atoms with Gasteiger partial charge in [0, 0.05) is 18.8 Å². The molecule has 0 aliphatic carbocycles. The van der Waals surface area contributed by atoms with E-state index >= 15 is 0 Å². The number of thiophene rings is 1. The average Bonchev–Trinajstić information content (AvgIpc) is 3.36. The van der Waals surface area contributed by atoms with Gasteiger partial charge in [0.05, 0.1) is 17.5 Å². The molecule has 0 spiro atoms. The van der Waals surface area contributed by atoms with Gasteiger partial charge in [-0.3, -0.25) is 9.52 Å². The molecule has 1 aliphatic rings. The third-order valence-electron chi connectivity index (χ3n) is 5.17. The molecule has 3 aromatic rings. The highest BCUT2D eigenvalue weighted by atomic mass is 32.2. The zero-order valence-corrected chi connectivity index (χ0v) is 19.0. The number of hydrazone groups is 1. The fraction of sp³-hybridized carbons (Fsp3) is 0.217. The van der Waals surface area contributed by atoms with Crippen molar-refractivity contribution in [1.82, 2.24) is 5.43 Å². The van der Waals surface area contributed by atoms with Crippen LogP contribution < -0.4 is 15.0 Å². The Morgan fingerprint density at radius 3 is 2.44 bits per heavy atom. The molecule has 1 fully saturated rings. The van der Waals surface area contributed by atoms with Crippen LogP contribution in [-0.4, -0.2) is 33.6 Å². The second-order valence-electron chi connectivity index (χ2n) is 7.42. The number of carbonyl (C=O) groups is 1. The van der Waals surface area contributed by atoms with Crippen molar-refractivity contribution in [2.75, 3.05) is 22.7 Å². The number of piperidine rings is 1. The number of rotatable bonds is 7. The van der Waals surface area contributed by atoms with Gasteiger partial charge in [-0.1, -0.05) is 30.3 Å². The SMILES string of the molecule is O=C(NN=Cc1ccc(N2CCCCC2)cc1)c1ccccc1NS(=O)(=O)c1cccs1. The number of amides is 1. The van der Waals surface area contributed by atoms with Gasteiger partial charge >= 0.3 is 0 Å². The van der Waals surface area contributed by atoms with E-state index in [9.17, 15) is 13.2 Å². The summed E-state index contributed by atoms with van der Waals surface area (Å²) < 4.78 is 27.7. The molecule has 7 nitrogen and oxygen atoms in total. The third-order valence-corrected chi connectivity index (χ3v) is 7.93. The Hall–Kier alpha value is -3.17. The summed E-state index contributed by atoms with van der Waals surface area (Å²) >= 11 is 1.11. The largest absolute Gasteiger partial charge is 0.372 e. The van der Waals surface area contributed by atoms with Crippen LogP contribution in [0.15, 0.2) is 75.4 Å². The maximum Gasteiger partial charge on any atom is 0.273 e. The van der Waals surface area contributed by atoms with Crippen LogP contribution in [0.25, 0.3) is 0 Å². The number of sulfonamides is 1. The zero-order chi connectivity index (χ0) is 22.4. The van der Waals surface area contributed by atoms with Gasteiger partial charge in [0.25, 0.3) is 15.9 Å². The van der Waals surface area contributed by atoms with E-state index in [1.165, 1.54) is 31.0 Å². The molecular weight excluding hydrogens is 444 g/mol. The van der Waals surface area contributed by atoms with E-state index in [-0.39, 0.29) is 15.5 Å². The lowest BCUT2D eigenvalue weighted by Crippen LogP contribution is -2.29. The van der Waals surface area contributed by atoms with Gasteiger partial charge in [0.2, 0.25) is 0 Å². The van der Waals surface area contributed by atoms with E-state index in [1.54, 1.807) is 41.9 Å². The lowest BCUT2D eigenvalue weighted by molar-refractivity contribution is 0.0956. The summed E-state index contributed by atoms with van der Waals surface area (Å²) in [6.07, 6.45) is 5.30. The molecule has 0 radical (unpaired) electrons. The quantitative estimate of drug-likeness (QED) is 0.399. The monoisotopic (exact) mass is 468 g/mol. The molecule has 0 bridgehead atoms. The smallest absolute Gasteiger partial charge is 0.273 e. The predicted octanol–water partition coefficient (Wildman–Crippen LogP) is 4.30. The van der Waals surface area contributed by atoms with E-state index in [1.807, 2.05) is 12.1 Å². The summed E-state index contributed by atoms with van der Waals surface area (Å²) in [5.41, 5.74) is 4.91. The zero-order valence-electron chi connectivity index (χ0n) is 17.4. The van der Waals surface area contributed by atoms with Crippen LogP contribution >= 0.6 is 11.3 Å². The van der Waals surface area contributed by atoms with Gasteiger partial charge in [-0.25, -0.2) is 13.8 Å². The molecule has 1 aromatic heterocycles. The van der Waals surface area contributed by atoms with Crippen molar-refractivity contribution in [2.45, 2.75) is 23.5 Å². The number of carbonyl (C=O) groups excluding carboxylic acids is 1. The molecule has 4 rings (SSSR count). The van der Waals surface area contributed by atoms with Crippen LogP contribution in [0.2, 0.25) is 0 Å². The van der Waals surface area contributed by atoms with Gasteiger partial charge in [0.15, 0.2) is 0 Å². The summed E-state index contributed by atoms with van der Waals surface area (Å²) in [4.78, 5) is 15.0. The molecule has 9 heteroatoms. The standard InChI is InChI=1S/C23H24N4O3S2/c28-23(20-7-2-3-8-21(20)26-32(29,30)22-9-6-16-31-22)25-24-17-18-10-12-19(13-11-18)27-14-4-1-5-15-27/h2-3,6-13,16-17,26H,1,4-5,14-15H2,(H,25,28). The van der Waals surface area contributed by atoms with Crippen molar-refractivity contribution in [3.05, 3.63) is 77.2 Å². The first-order chi connectivity index (χ1) is 15.5. The lowest BCUT2D eigenvalue weighted by atomic mass is 10.1. The minimum Gasteiger partial charge on any atom is -0.372 e. The van der Waals surface area contributed by atoms with Crippen LogP contribution in [0.1, 0.15) is 35.2 Å². The molecule has 1 aliphatic heterocycles. The molecule has 2 aromatic carbocycles. The highest BCUT2D eigenvalue weighted by Gasteiger charge is 2.19. The van der Waals surface area contributed by atoms with E-state index in [4.69, 9.17) is 0 Å². The molecule has 2 N–H and O–H groups in total. The highest BCUT2D eigenvalue weighted by Crippen LogP contribution is 2.23. The van der Waals surface area contributed by atoms with Gasteiger partial charge in [-0.15, -0.1) is 11.3 Å². The molecular formula is C23H24N4O3S2. The predicted molar refractivity (Wildman–Crippen MR) is 129 cm³/mol. The van der Waals surface area contributed by atoms with Crippen molar-refractivity contribution in [3.8, 4) is 0 Å². The normalized spacial score (nSPS) is 14.4. The summed E-state index contributed by atoms with van der Waals surface area (Å²) in [7, 11) is -3.76. The topological polar surface area (TPSA) is 90.9 Å². The second-order valence-corrected chi connectivity index (χ2v) is 10.3. The van der Waals surface area contributed by atoms with Gasteiger partial charge in [0.1, 0.15) is 4.21 Å². The summed E-state index contributed by atoms with van der Waals surface area (Å²) in [5, 5.41) is 5.72. The number of anilines is 2. The van der Waals surface area contributed by atoms with Gasteiger partial charge < -0.3 is 4.90 Å². The second kappa shape index (κ2) is 9.97. The fourth-order valence-electron chi connectivity index (χ4n) is 3.53. The molecule has 0 saturated carbocycles. The van der Waals surface area contributed by atoms with E-state index in [2.05, 4.69) is 32.3 Å². The number of benzene rings is 2. The molecule has 1 amide bonds. The van der Waals surface area contributed by atoms with Gasteiger partial charge in [-0.2, -0.15) is 5.10 Å². The minimum atomic E-state index is -3.76. The first-order valence-electron chi connectivity index (χ1n) is 10.4. The Balaban J connectivity index is 1.40. The van der Waals surface area contributed by atoms with Crippen molar-refractivity contribution >= 4 is 44.9 Å². The average molecular weight is 469 g/mol. The molecule has 1 saturated heterocycles. The van der Waals surface area contributed by atoms with Crippen molar-refractivity contribution in [1.29, 1.82) is 0 Å². The van der Waals surface area contributed by atoms with Crippen molar-refractivity contribution in [3.63, 3.8) is 0 Å².